The molecule has 0 spiro atoms. The first-order chi connectivity index (χ1) is 5.08. The van der Waals surface area contributed by atoms with Gasteiger partial charge in [0.2, 0.25) is 0 Å². The molecule has 0 amide bonds. The van der Waals surface area contributed by atoms with Gasteiger partial charge in [0.1, 0.15) is 5.54 Å². The van der Waals surface area contributed by atoms with Crippen molar-refractivity contribution in [2.24, 2.45) is 5.73 Å². The SMILES string of the molecule is NC1(C(=O)O)CCC(=CI)C1. The molecule has 1 saturated carbocycles. The number of nitrogens with two attached hydrogens (primary N) is 1. The molecule has 11 heavy (non-hydrogen) atoms. The summed E-state index contributed by atoms with van der Waals surface area (Å²) in [6.07, 6.45) is 1.90. The molecule has 1 aliphatic carbocycles. The maximum atomic E-state index is 10.6. The second kappa shape index (κ2) is 3.10. The first-order valence-electron chi connectivity index (χ1n) is 3.39. The molecule has 4 heteroatoms. The number of hydrogen-bond donors (Lipinski definition) is 2. The Balaban J connectivity index is 2.73. The van der Waals surface area contributed by atoms with E-state index < -0.39 is 11.5 Å². The number of carbonyl (C=O) groups is 1. The van der Waals surface area contributed by atoms with E-state index in [1.165, 1.54) is 0 Å². The zero-order valence-corrected chi connectivity index (χ0v) is 8.17. The van der Waals surface area contributed by atoms with Crippen molar-refractivity contribution >= 4 is 28.6 Å². The van der Waals surface area contributed by atoms with Crippen LogP contribution in [-0.2, 0) is 4.79 Å². The van der Waals surface area contributed by atoms with Gasteiger partial charge in [-0.25, -0.2) is 0 Å². The zero-order valence-electron chi connectivity index (χ0n) is 6.01. The summed E-state index contributed by atoms with van der Waals surface area (Å²) in [5.41, 5.74) is 5.78. The molecule has 0 aromatic carbocycles. The van der Waals surface area contributed by atoms with Crippen molar-refractivity contribution in [3.8, 4) is 0 Å². The van der Waals surface area contributed by atoms with E-state index in [1.54, 1.807) is 0 Å². The lowest BCUT2D eigenvalue weighted by Crippen LogP contribution is -2.45. The van der Waals surface area contributed by atoms with Crippen LogP contribution in [0.1, 0.15) is 19.3 Å². The molecule has 1 atom stereocenters. The Morgan fingerprint density at radius 1 is 1.82 bits per heavy atom. The highest BCUT2D eigenvalue weighted by atomic mass is 127. The van der Waals surface area contributed by atoms with Crippen molar-refractivity contribution in [1.82, 2.24) is 0 Å². The van der Waals surface area contributed by atoms with Crippen LogP contribution in [0.3, 0.4) is 0 Å². The molecular formula is C7H10INO2. The molecule has 1 aliphatic rings. The molecule has 0 bridgehead atoms. The molecule has 0 radical (unpaired) electrons. The summed E-state index contributed by atoms with van der Waals surface area (Å²) in [6, 6.07) is 0. The van der Waals surface area contributed by atoms with Gasteiger partial charge in [-0.2, -0.15) is 0 Å². The third-order valence-corrected chi connectivity index (χ3v) is 2.90. The standard InChI is InChI=1S/C7H10INO2/c8-4-5-1-2-7(9,3-5)6(10)11/h4H,1-3,9H2,(H,10,11). The Morgan fingerprint density at radius 2 is 2.45 bits per heavy atom. The van der Waals surface area contributed by atoms with Crippen LogP contribution >= 0.6 is 22.6 Å². The molecular weight excluding hydrogens is 257 g/mol. The lowest BCUT2D eigenvalue weighted by molar-refractivity contribution is -0.142. The second-order valence-electron chi connectivity index (χ2n) is 2.91. The van der Waals surface area contributed by atoms with Crippen molar-refractivity contribution in [2.75, 3.05) is 0 Å². The van der Waals surface area contributed by atoms with Gasteiger partial charge in [-0.1, -0.05) is 28.2 Å². The van der Waals surface area contributed by atoms with E-state index in [9.17, 15) is 4.79 Å². The maximum absolute atomic E-state index is 10.6. The number of carboxylic acid groups (broad SMARTS) is 1. The Bertz CT molecular complexity index is 214. The molecule has 0 aromatic rings. The Kier molecular flexibility index (Phi) is 2.54. The van der Waals surface area contributed by atoms with Crippen molar-refractivity contribution in [3.05, 3.63) is 9.66 Å². The van der Waals surface area contributed by atoms with Gasteiger partial charge < -0.3 is 10.8 Å². The minimum atomic E-state index is -0.989. The summed E-state index contributed by atoms with van der Waals surface area (Å²) in [6.45, 7) is 0. The molecule has 0 saturated heterocycles. The quantitative estimate of drug-likeness (QED) is 0.703. The summed E-state index contributed by atoms with van der Waals surface area (Å²) in [5, 5.41) is 8.73. The molecule has 3 nitrogen and oxygen atoms in total. The van der Waals surface area contributed by atoms with Gasteiger partial charge in [-0.15, -0.1) is 0 Å². The summed E-state index contributed by atoms with van der Waals surface area (Å²) in [4.78, 5) is 10.6. The lowest BCUT2D eigenvalue weighted by atomic mass is 10.00. The van der Waals surface area contributed by atoms with Crippen LogP contribution in [0, 0.1) is 0 Å². The van der Waals surface area contributed by atoms with E-state index in [0.29, 0.717) is 12.8 Å². The predicted octanol–water partition coefficient (Wildman–Crippen LogP) is 1.27. The van der Waals surface area contributed by atoms with Gasteiger partial charge in [0.15, 0.2) is 0 Å². The summed E-state index contributed by atoms with van der Waals surface area (Å²) >= 11 is 2.12. The van der Waals surface area contributed by atoms with E-state index in [2.05, 4.69) is 22.6 Å². The monoisotopic (exact) mass is 267 g/mol. The van der Waals surface area contributed by atoms with Crippen LogP contribution in [0.25, 0.3) is 0 Å². The third kappa shape index (κ3) is 1.73. The highest BCUT2D eigenvalue weighted by molar-refractivity contribution is 14.1. The largest absolute Gasteiger partial charge is 0.480 e. The second-order valence-corrected chi connectivity index (χ2v) is 3.53. The van der Waals surface area contributed by atoms with E-state index in [1.807, 2.05) is 4.08 Å². The fourth-order valence-corrected chi connectivity index (χ4v) is 1.77. The number of halogens is 1. The van der Waals surface area contributed by atoms with Crippen LogP contribution < -0.4 is 5.73 Å². The number of aliphatic carboxylic acids is 1. The molecule has 1 unspecified atom stereocenters. The van der Waals surface area contributed by atoms with E-state index >= 15 is 0 Å². The van der Waals surface area contributed by atoms with Crippen LogP contribution in [0.4, 0.5) is 0 Å². The summed E-state index contributed by atoms with van der Waals surface area (Å²) < 4.78 is 1.93. The van der Waals surface area contributed by atoms with Crippen molar-refractivity contribution in [1.29, 1.82) is 0 Å². The average Bonchev–Trinajstić information content (AvgIpc) is 2.33. The highest BCUT2D eigenvalue weighted by Crippen LogP contribution is 2.32. The van der Waals surface area contributed by atoms with E-state index in [4.69, 9.17) is 10.8 Å². The number of carboxylic acids is 1. The van der Waals surface area contributed by atoms with Crippen molar-refractivity contribution in [2.45, 2.75) is 24.8 Å². The van der Waals surface area contributed by atoms with Crippen LogP contribution in [0.2, 0.25) is 0 Å². The molecule has 0 heterocycles. The highest BCUT2D eigenvalue weighted by Gasteiger charge is 2.39. The summed E-state index contributed by atoms with van der Waals surface area (Å²) in [7, 11) is 0. The number of rotatable bonds is 1. The maximum Gasteiger partial charge on any atom is 0.324 e. The topological polar surface area (TPSA) is 63.3 Å². The van der Waals surface area contributed by atoms with Gasteiger partial charge in [0.25, 0.3) is 0 Å². The Labute approximate surface area is 78.8 Å². The fourth-order valence-electron chi connectivity index (χ4n) is 1.24. The van der Waals surface area contributed by atoms with Gasteiger partial charge in [0, 0.05) is 0 Å². The molecule has 1 rings (SSSR count). The van der Waals surface area contributed by atoms with Gasteiger partial charge in [0.05, 0.1) is 0 Å². The number of hydrogen-bond acceptors (Lipinski definition) is 2. The molecule has 3 N–H and O–H groups in total. The zero-order chi connectivity index (χ0) is 8.48. The normalized spacial score (nSPS) is 34.5. The lowest BCUT2D eigenvalue weighted by Gasteiger charge is -2.15. The third-order valence-electron chi connectivity index (χ3n) is 2.01. The Hall–Kier alpha value is -0.100. The van der Waals surface area contributed by atoms with Crippen molar-refractivity contribution in [3.63, 3.8) is 0 Å². The molecule has 0 aliphatic heterocycles. The first-order valence-corrected chi connectivity index (χ1v) is 4.63. The van der Waals surface area contributed by atoms with Crippen molar-refractivity contribution < 1.29 is 9.90 Å². The van der Waals surface area contributed by atoms with Crippen LogP contribution in [0.15, 0.2) is 9.66 Å². The molecule has 0 aromatic heterocycles. The molecule has 1 fully saturated rings. The molecule has 62 valence electrons. The minimum Gasteiger partial charge on any atom is -0.480 e. The van der Waals surface area contributed by atoms with Gasteiger partial charge in [-0.05, 0) is 23.3 Å². The smallest absolute Gasteiger partial charge is 0.324 e. The fraction of sp³-hybridized carbons (Fsp3) is 0.571. The first kappa shape index (κ1) is 8.99. The Morgan fingerprint density at radius 3 is 2.73 bits per heavy atom. The average molecular weight is 267 g/mol. The predicted molar refractivity (Wildman–Crippen MR) is 50.5 cm³/mol. The summed E-state index contributed by atoms with van der Waals surface area (Å²) in [5.74, 6) is -0.884. The van der Waals surface area contributed by atoms with Crippen LogP contribution in [-0.4, -0.2) is 16.6 Å². The minimum absolute atomic E-state index is 0.505. The van der Waals surface area contributed by atoms with E-state index in [0.717, 1.165) is 12.0 Å². The van der Waals surface area contributed by atoms with Crippen LogP contribution in [0.5, 0.6) is 0 Å². The van der Waals surface area contributed by atoms with Gasteiger partial charge in [-0.3, -0.25) is 4.79 Å². The van der Waals surface area contributed by atoms with Gasteiger partial charge >= 0.3 is 5.97 Å². The van der Waals surface area contributed by atoms with E-state index in [-0.39, 0.29) is 0 Å².